The second-order valence-electron chi connectivity index (χ2n) is 3.77. The van der Waals surface area contributed by atoms with Gasteiger partial charge in [0, 0.05) is 0 Å². The van der Waals surface area contributed by atoms with Gasteiger partial charge in [0.2, 0.25) is 5.78 Å². The Balaban J connectivity index is 2.70. The van der Waals surface area contributed by atoms with E-state index < -0.39 is 11.6 Å². The fourth-order valence-corrected chi connectivity index (χ4v) is 2.95. The van der Waals surface area contributed by atoms with Crippen LogP contribution >= 0.6 is 58.0 Å². The van der Waals surface area contributed by atoms with Gasteiger partial charge in [-0.15, -0.1) is 0 Å². The van der Waals surface area contributed by atoms with Crippen molar-refractivity contribution in [3.8, 4) is 0 Å². The standard InChI is InChI=1S/C13H4Cl5FO/c14-5-2-1-3-8(19)9(5)13(20)10-6(15)4-7(16)11(17)12(10)18/h1-4H. The third-order valence-electron chi connectivity index (χ3n) is 2.53. The molecule has 1 nitrogen and oxygen atoms in total. The molecule has 0 unspecified atom stereocenters. The fourth-order valence-electron chi connectivity index (χ4n) is 1.61. The first-order valence-corrected chi connectivity index (χ1v) is 7.05. The Hall–Kier alpha value is -0.510. The highest BCUT2D eigenvalue weighted by atomic mass is 35.5. The zero-order chi connectivity index (χ0) is 15.0. The van der Waals surface area contributed by atoms with Gasteiger partial charge in [-0.3, -0.25) is 4.79 Å². The van der Waals surface area contributed by atoms with Gasteiger partial charge in [0.25, 0.3) is 0 Å². The summed E-state index contributed by atoms with van der Waals surface area (Å²) in [4.78, 5) is 12.4. The van der Waals surface area contributed by atoms with Crippen molar-refractivity contribution >= 4 is 63.8 Å². The highest BCUT2D eigenvalue weighted by Crippen LogP contribution is 2.39. The Morgan fingerprint density at radius 1 is 0.850 bits per heavy atom. The van der Waals surface area contributed by atoms with Crippen LogP contribution in [0.5, 0.6) is 0 Å². The van der Waals surface area contributed by atoms with Crippen LogP contribution in [0.1, 0.15) is 15.9 Å². The number of hydrogen-bond acceptors (Lipinski definition) is 1. The van der Waals surface area contributed by atoms with Crippen LogP contribution in [0.3, 0.4) is 0 Å². The van der Waals surface area contributed by atoms with E-state index in [1.54, 1.807) is 0 Å². The Kier molecular flexibility index (Phi) is 4.83. The van der Waals surface area contributed by atoms with Crippen molar-refractivity contribution in [3.05, 3.63) is 66.3 Å². The number of rotatable bonds is 2. The second kappa shape index (κ2) is 6.08. The molecule has 104 valence electrons. The van der Waals surface area contributed by atoms with Crippen LogP contribution in [0.15, 0.2) is 24.3 Å². The molecule has 2 rings (SSSR count). The molecule has 2 aromatic carbocycles. The zero-order valence-corrected chi connectivity index (χ0v) is 13.3. The summed E-state index contributed by atoms with van der Waals surface area (Å²) < 4.78 is 13.8. The summed E-state index contributed by atoms with van der Waals surface area (Å²) >= 11 is 29.4. The maximum atomic E-state index is 13.8. The van der Waals surface area contributed by atoms with Crippen molar-refractivity contribution < 1.29 is 9.18 Å². The predicted octanol–water partition coefficient (Wildman–Crippen LogP) is 6.32. The van der Waals surface area contributed by atoms with Gasteiger partial charge in [-0.05, 0) is 18.2 Å². The summed E-state index contributed by atoms with van der Waals surface area (Å²) in [7, 11) is 0. The van der Waals surface area contributed by atoms with Crippen LogP contribution in [0.25, 0.3) is 0 Å². The number of carbonyl (C=O) groups excluding carboxylic acids is 1. The van der Waals surface area contributed by atoms with Gasteiger partial charge in [0.05, 0.1) is 36.2 Å². The number of hydrogen-bond donors (Lipinski definition) is 0. The molecule has 0 aliphatic heterocycles. The fraction of sp³-hybridized carbons (Fsp3) is 0. The van der Waals surface area contributed by atoms with Crippen molar-refractivity contribution in [1.29, 1.82) is 0 Å². The molecule has 20 heavy (non-hydrogen) atoms. The molecular weight excluding hydrogens is 368 g/mol. The van der Waals surface area contributed by atoms with E-state index in [1.165, 1.54) is 18.2 Å². The van der Waals surface area contributed by atoms with E-state index in [4.69, 9.17) is 58.0 Å². The molecule has 0 saturated heterocycles. The van der Waals surface area contributed by atoms with E-state index in [1.807, 2.05) is 0 Å². The van der Waals surface area contributed by atoms with E-state index in [0.29, 0.717) is 0 Å². The van der Waals surface area contributed by atoms with E-state index in [-0.39, 0.29) is 36.2 Å². The summed E-state index contributed by atoms with van der Waals surface area (Å²) in [6.07, 6.45) is 0. The summed E-state index contributed by atoms with van der Waals surface area (Å²) in [5.74, 6) is -1.54. The van der Waals surface area contributed by atoms with Gasteiger partial charge < -0.3 is 0 Å². The molecule has 0 heterocycles. The predicted molar refractivity (Wildman–Crippen MR) is 81.3 cm³/mol. The van der Waals surface area contributed by atoms with Crippen molar-refractivity contribution in [2.75, 3.05) is 0 Å². The van der Waals surface area contributed by atoms with Gasteiger partial charge in [-0.1, -0.05) is 64.1 Å². The number of halogens is 6. The molecule has 0 radical (unpaired) electrons. The number of ketones is 1. The maximum Gasteiger partial charge on any atom is 0.200 e. The van der Waals surface area contributed by atoms with Crippen molar-refractivity contribution in [1.82, 2.24) is 0 Å². The molecule has 7 heteroatoms. The van der Waals surface area contributed by atoms with Crippen molar-refractivity contribution in [2.24, 2.45) is 0 Å². The van der Waals surface area contributed by atoms with E-state index in [0.717, 1.165) is 6.07 Å². The number of benzene rings is 2. The molecule has 0 aliphatic rings. The minimum atomic E-state index is -0.777. The van der Waals surface area contributed by atoms with Gasteiger partial charge in [-0.25, -0.2) is 4.39 Å². The summed E-state index contributed by atoms with van der Waals surface area (Å²) in [5.41, 5.74) is -0.467. The lowest BCUT2D eigenvalue weighted by molar-refractivity contribution is 0.103. The average Bonchev–Trinajstić information content (AvgIpc) is 2.36. The first kappa shape index (κ1) is 15.9. The topological polar surface area (TPSA) is 17.1 Å². The molecule has 0 fully saturated rings. The molecule has 0 aliphatic carbocycles. The smallest absolute Gasteiger partial charge is 0.200 e. The number of carbonyl (C=O) groups is 1. The quantitative estimate of drug-likeness (QED) is 0.342. The van der Waals surface area contributed by atoms with Crippen molar-refractivity contribution in [3.63, 3.8) is 0 Å². The van der Waals surface area contributed by atoms with Crippen LogP contribution < -0.4 is 0 Å². The largest absolute Gasteiger partial charge is 0.288 e. The summed E-state index contributed by atoms with van der Waals surface area (Å²) in [6, 6.07) is 5.14. The Morgan fingerprint density at radius 2 is 1.50 bits per heavy atom. The van der Waals surface area contributed by atoms with Crippen LogP contribution in [0, 0.1) is 5.82 Å². The Morgan fingerprint density at radius 3 is 2.10 bits per heavy atom. The molecular formula is C13H4Cl5FO. The molecule has 0 saturated carbocycles. The van der Waals surface area contributed by atoms with Gasteiger partial charge in [0.1, 0.15) is 5.82 Å². The Labute approximate surface area is 139 Å². The molecule has 0 atom stereocenters. The maximum absolute atomic E-state index is 13.8. The second-order valence-corrected chi connectivity index (χ2v) is 5.75. The lowest BCUT2D eigenvalue weighted by Crippen LogP contribution is -2.07. The SMILES string of the molecule is O=C(c1c(F)cccc1Cl)c1c(Cl)cc(Cl)c(Cl)c1Cl. The first-order valence-electron chi connectivity index (χ1n) is 5.16. The first-order chi connectivity index (χ1) is 9.34. The highest BCUT2D eigenvalue weighted by molar-refractivity contribution is 6.51. The normalized spacial score (nSPS) is 10.7. The lowest BCUT2D eigenvalue weighted by atomic mass is 10.0. The Bertz CT molecular complexity index is 694. The van der Waals surface area contributed by atoms with Gasteiger partial charge in [-0.2, -0.15) is 0 Å². The molecule has 0 amide bonds. The summed E-state index contributed by atoms with van der Waals surface area (Å²) in [6.45, 7) is 0. The lowest BCUT2D eigenvalue weighted by Gasteiger charge is -2.10. The van der Waals surface area contributed by atoms with E-state index in [9.17, 15) is 9.18 Å². The van der Waals surface area contributed by atoms with E-state index >= 15 is 0 Å². The summed E-state index contributed by atoms with van der Waals surface area (Å²) in [5, 5.41) is -0.165. The van der Waals surface area contributed by atoms with Gasteiger partial charge in [0.15, 0.2) is 0 Å². The average molecular weight is 372 g/mol. The van der Waals surface area contributed by atoms with Crippen LogP contribution in [-0.2, 0) is 0 Å². The van der Waals surface area contributed by atoms with Crippen LogP contribution in [-0.4, -0.2) is 5.78 Å². The molecule has 0 bridgehead atoms. The van der Waals surface area contributed by atoms with Crippen molar-refractivity contribution in [2.45, 2.75) is 0 Å². The third-order valence-corrected chi connectivity index (χ3v) is 4.41. The van der Waals surface area contributed by atoms with Crippen LogP contribution in [0.2, 0.25) is 25.1 Å². The minimum Gasteiger partial charge on any atom is -0.288 e. The minimum absolute atomic E-state index is 0.0336. The molecule has 2 aromatic rings. The third kappa shape index (κ3) is 2.76. The van der Waals surface area contributed by atoms with E-state index in [2.05, 4.69) is 0 Å². The van der Waals surface area contributed by atoms with Gasteiger partial charge >= 0.3 is 0 Å². The molecule has 0 N–H and O–H groups in total. The highest BCUT2D eigenvalue weighted by Gasteiger charge is 2.25. The zero-order valence-electron chi connectivity index (χ0n) is 9.49. The monoisotopic (exact) mass is 370 g/mol. The van der Waals surface area contributed by atoms with Crippen LogP contribution in [0.4, 0.5) is 4.39 Å². The molecule has 0 aromatic heterocycles. The molecule has 0 spiro atoms.